The molecule has 2 saturated heterocycles. The largest absolute Gasteiger partial charge is 0.362 e. The number of nitrogens with zero attached hydrogens (tertiary/aromatic N) is 3. The van der Waals surface area contributed by atoms with E-state index in [2.05, 4.69) is 4.90 Å². The number of hydrogen-bond donors (Lipinski definition) is 0. The number of hydrogen-bond acceptors (Lipinski definition) is 4. The Morgan fingerprint density at radius 2 is 1.66 bits per heavy atom. The molecule has 2 aliphatic rings. The van der Waals surface area contributed by atoms with Gasteiger partial charge in [0.2, 0.25) is 10.0 Å². The van der Waals surface area contributed by atoms with Crippen LogP contribution in [0.1, 0.15) is 49.5 Å². The van der Waals surface area contributed by atoms with Gasteiger partial charge in [-0.2, -0.15) is 4.31 Å². The van der Waals surface area contributed by atoms with E-state index in [4.69, 9.17) is 23.2 Å². The Bertz CT molecular complexity index is 1270. The molecule has 2 aromatic rings. The van der Waals surface area contributed by atoms with E-state index in [0.717, 1.165) is 30.2 Å². The molecule has 2 atom stereocenters. The first-order chi connectivity index (χ1) is 16.2. The summed E-state index contributed by atoms with van der Waals surface area (Å²) in [5.74, 6) is -0.722. The van der Waals surface area contributed by atoms with E-state index in [1.54, 1.807) is 18.0 Å². The van der Waals surface area contributed by atoms with Crippen molar-refractivity contribution in [1.29, 1.82) is 0 Å². The Hall–Kier alpha value is -1.87. The number of benzene rings is 2. The summed E-state index contributed by atoms with van der Waals surface area (Å²) in [4.78, 5) is 17.3. The van der Waals surface area contributed by atoms with Crippen molar-refractivity contribution in [3.63, 3.8) is 0 Å². The van der Waals surface area contributed by atoms with Crippen LogP contribution in [0.3, 0.4) is 0 Å². The molecule has 0 saturated carbocycles. The summed E-state index contributed by atoms with van der Waals surface area (Å²) in [6.45, 7) is 8.32. The van der Waals surface area contributed by atoms with Crippen LogP contribution in [0.2, 0.25) is 10.0 Å². The Morgan fingerprint density at radius 1 is 1.06 bits per heavy atom. The van der Waals surface area contributed by atoms with Crippen LogP contribution in [0, 0.1) is 12.7 Å². The quantitative estimate of drug-likeness (QED) is 0.523. The molecule has 0 radical (unpaired) electrons. The number of rotatable bonds is 4. The average Bonchev–Trinajstić information content (AvgIpc) is 3.02. The zero-order valence-electron chi connectivity index (χ0n) is 20.5. The van der Waals surface area contributed by atoms with Crippen molar-refractivity contribution in [2.75, 3.05) is 25.0 Å². The van der Waals surface area contributed by atoms with Gasteiger partial charge in [-0.25, -0.2) is 12.8 Å². The number of carbonyl (C=O) groups is 1. The fourth-order valence-electron chi connectivity index (χ4n) is 4.87. The van der Waals surface area contributed by atoms with Crippen molar-refractivity contribution in [2.45, 2.75) is 63.1 Å². The van der Waals surface area contributed by atoms with Crippen molar-refractivity contribution in [3.8, 4) is 0 Å². The highest BCUT2D eigenvalue weighted by Crippen LogP contribution is 2.41. The highest BCUT2D eigenvalue weighted by atomic mass is 35.5. The third-order valence-electron chi connectivity index (χ3n) is 7.10. The summed E-state index contributed by atoms with van der Waals surface area (Å²) in [6, 6.07) is 7.02. The van der Waals surface area contributed by atoms with Crippen molar-refractivity contribution >= 4 is 44.8 Å². The molecule has 2 aromatic carbocycles. The molecule has 4 rings (SSSR count). The predicted molar refractivity (Wildman–Crippen MR) is 137 cm³/mol. The fourth-order valence-corrected chi connectivity index (χ4v) is 6.96. The standard InChI is InChI=1S/C25H30Cl2FN3O3S/c1-15-21(26)11-19(35(33,34)29(5)25(2,3)4)12-23(15)31-17-7-8-18(31)14-30(13-17)24(32)20-9-6-16(28)10-22(20)27/h6,9-12,17-18H,7-8,13-14H2,1-5H3/t17-,18+. The lowest BCUT2D eigenvalue weighted by atomic mass is 10.1. The number of piperazine rings is 1. The van der Waals surface area contributed by atoms with Gasteiger partial charge in [-0.1, -0.05) is 23.2 Å². The Morgan fingerprint density at radius 3 is 2.20 bits per heavy atom. The summed E-state index contributed by atoms with van der Waals surface area (Å²) in [7, 11) is -2.20. The summed E-state index contributed by atoms with van der Waals surface area (Å²) in [6.07, 6.45) is 1.73. The summed E-state index contributed by atoms with van der Waals surface area (Å²) < 4.78 is 41.5. The van der Waals surface area contributed by atoms with E-state index in [1.165, 1.54) is 22.5 Å². The minimum atomic E-state index is -3.77. The number of anilines is 1. The van der Waals surface area contributed by atoms with Crippen molar-refractivity contribution in [2.24, 2.45) is 0 Å². The molecule has 0 aromatic heterocycles. The Labute approximate surface area is 216 Å². The lowest BCUT2D eigenvalue weighted by Crippen LogP contribution is -2.55. The van der Waals surface area contributed by atoms with Crippen LogP contribution in [-0.4, -0.2) is 61.3 Å². The van der Waals surface area contributed by atoms with Crippen LogP contribution in [0.4, 0.5) is 10.1 Å². The summed E-state index contributed by atoms with van der Waals surface area (Å²) in [5, 5.41) is 0.479. The van der Waals surface area contributed by atoms with E-state index in [-0.39, 0.29) is 33.5 Å². The molecule has 0 spiro atoms. The van der Waals surface area contributed by atoms with Crippen molar-refractivity contribution < 1.29 is 17.6 Å². The fraction of sp³-hybridized carbons (Fsp3) is 0.480. The second kappa shape index (κ2) is 9.21. The maximum absolute atomic E-state index is 13.5. The average molecular weight is 543 g/mol. The van der Waals surface area contributed by atoms with Gasteiger partial charge in [0.1, 0.15) is 5.82 Å². The van der Waals surface area contributed by atoms with Gasteiger partial charge in [0.25, 0.3) is 5.91 Å². The minimum Gasteiger partial charge on any atom is -0.362 e. The second-order valence-corrected chi connectivity index (χ2v) is 13.1. The molecule has 190 valence electrons. The smallest absolute Gasteiger partial charge is 0.255 e. The predicted octanol–water partition coefficient (Wildman–Crippen LogP) is 5.35. The van der Waals surface area contributed by atoms with Crippen molar-refractivity contribution in [1.82, 2.24) is 9.21 Å². The lowest BCUT2D eigenvalue weighted by molar-refractivity contribution is 0.0718. The van der Waals surface area contributed by atoms with Gasteiger partial charge >= 0.3 is 0 Å². The number of fused-ring (bicyclic) bond motifs is 2. The molecule has 1 amide bonds. The topological polar surface area (TPSA) is 60.9 Å². The number of amides is 1. The van der Waals surface area contributed by atoms with E-state index >= 15 is 0 Å². The molecule has 2 fully saturated rings. The molecule has 10 heteroatoms. The van der Waals surface area contributed by atoms with Crippen LogP contribution >= 0.6 is 23.2 Å². The normalized spacial score (nSPS) is 20.6. The van der Waals surface area contributed by atoms with Crippen molar-refractivity contribution in [3.05, 3.63) is 57.3 Å². The maximum atomic E-state index is 13.5. The Kier molecular flexibility index (Phi) is 6.90. The lowest BCUT2D eigenvalue weighted by Gasteiger charge is -2.43. The van der Waals surface area contributed by atoms with Crippen LogP contribution in [-0.2, 0) is 10.0 Å². The van der Waals surface area contributed by atoms with E-state index in [0.29, 0.717) is 18.1 Å². The summed E-state index contributed by atoms with van der Waals surface area (Å²) in [5.41, 5.74) is 1.27. The Balaban J connectivity index is 1.66. The van der Waals surface area contributed by atoms with E-state index in [1.807, 2.05) is 27.7 Å². The molecular formula is C25H30Cl2FN3O3S. The van der Waals surface area contributed by atoms with Gasteiger partial charge in [0.05, 0.1) is 15.5 Å². The van der Waals surface area contributed by atoms with Crippen LogP contribution < -0.4 is 4.90 Å². The SMILES string of the molecule is Cc1c(Cl)cc(S(=O)(=O)N(C)C(C)(C)C)cc1N1[C@@H]2CC[C@H]1CN(C(=O)c1ccc(F)cc1Cl)C2. The zero-order chi connectivity index (χ0) is 25.9. The molecule has 0 N–H and O–H groups in total. The molecular weight excluding hydrogens is 512 g/mol. The number of sulfonamides is 1. The first kappa shape index (κ1) is 26.2. The van der Waals surface area contributed by atoms with Gasteiger partial charge in [0.15, 0.2) is 0 Å². The molecule has 2 aliphatic heterocycles. The number of carbonyl (C=O) groups excluding carboxylic acids is 1. The third kappa shape index (κ3) is 4.78. The van der Waals surface area contributed by atoms with Gasteiger partial charge in [0, 0.05) is 48.5 Å². The molecule has 6 nitrogen and oxygen atoms in total. The van der Waals surface area contributed by atoms with Crippen LogP contribution in [0.25, 0.3) is 0 Å². The van der Waals surface area contributed by atoms with Gasteiger partial charge < -0.3 is 9.80 Å². The summed E-state index contributed by atoms with van der Waals surface area (Å²) >= 11 is 12.7. The van der Waals surface area contributed by atoms with Gasteiger partial charge in [-0.3, -0.25) is 4.79 Å². The number of halogens is 3. The molecule has 0 aliphatic carbocycles. The molecule has 0 unspecified atom stereocenters. The van der Waals surface area contributed by atoms with Crippen LogP contribution in [0.5, 0.6) is 0 Å². The van der Waals surface area contributed by atoms with E-state index < -0.39 is 21.4 Å². The zero-order valence-corrected chi connectivity index (χ0v) is 22.8. The first-order valence-corrected chi connectivity index (χ1v) is 13.7. The minimum absolute atomic E-state index is 0.00462. The molecule has 2 heterocycles. The maximum Gasteiger partial charge on any atom is 0.255 e. The second-order valence-electron chi connectivity index (χ2n) is 10.3. The number of likely N-dealkylation sites (tertiary alicyclic amines) is 1. The van der Waals surface area contributed by atoms with Crippen LogP contribution in [0.15, 0.2) is 35.2 Å². The molecule has 35 heavy (non-hydrogen) atoms. The van der Waals surface area contributed by atoms with E-state index in [9.17, 15) is 17.6 Å². The highest BCUT2D eigenvalue weighted by Gasteiger charge is 2.43. The monoisotopic (exact) mass is 541 g/mol. The third-order valence-corrected chi connectivity index (χ3v) is 9.91. The van der Waals surface area contributed by atoms with Gasteiger partial charge in [-0.05, 0) is 76.4 Å². The molecule has 2 bridgehead atoms. The highest BCUT2D eigenvalue weighted by molar-refractivity contribution is 7.89. The van der Waals surface area contributed by atoms with Gasteiger partial charge in [-0.15, -0.1) is 0 Å². The first-order valence-electron chi connectivity index (χ1n) is 11.5.